The number of carbonyl (C=O) groups is 1. The molecule has 0 saturated carbocycles. The molecule has 1 atom stereocenters. The van der Waals surface area contributed by atoms with Gasteiger partial charge in [-0.25, -0.2) is 0 Å². The van der Waals surface area contributed by atoms with Crippen LogP contribution in [0.2, 0.25) is 0 Å². The van der Waals surface area contributed by atoms with E-state index in [-0.39, 0.29) is 11.9 Å². The molecular weight excluding hydrogens is 278 g/mol. The van der Waals surface area contributed by atoms with Gasteiger partial charge in [0, 0.05) is 38.1 Å². The van der Waals surface area contributed by atoms with Crippen LogP contribution in [0.1, 0.15) is 29.3 Å². The van der Waals surface area contributed by atoms with Crippen molar-refractivity contribution in [2.45, 2.75) is 26.4 Å². The van der Waals surface area contributed by atoms with Crippen LogP contribution < -0.4 is 4.42 Å². The zero-order valence-electron chi connectivity index (χ0n) is 12.5. The fourth-order valence-electron chi connectivity index (χ4n) is 2.09. The summed E-state index contributed by atoms with van der Waals surface area (Å²) in [6.45, 7) is 4.59. The number of ketones is 1. The van der Waals surface area contributed by atoms with E-state index in [2.05, 4.69) is 0 Å². The Morgan fingerprint density at radius 2 is 2.10 bits per heavy atom. The van der Waals surface area contributed by atoms with Crippen LogP contribution in [0.5, 0.6) is 0 Å². The van der Waals surface area contributed by atoms with Gasteiger partial charge in [0.25, 0.3) is 0 Å². The lowest BCUT2D eigenvalue weighted by atomic mass is 10.0. The smallest absolute Gasteiger partial charge is 0.161 e. The summed E-state index contributed by atoms with van der Waals surface area (Å²) in [7, 11) is 3.29. The van der Waals surface area contributed by atoms with Crippen LogP contribution >= 0.6 is 11.8 Å². The summed E-state index contributed by atoms with van der Waals surface area (Å²) >= 11 is 6.35. The highest BCUT2D eigenvalue weighted by molar-refractivity contribution is 6.27. The second kappa shape index (κ2) is 8.25. The van der Waals surface area contributed by atoms with Crippen molar-refractivity contribution in [1.82, 2.24) is 0 Å². The summed E-state index contributed by atoms with van der Waals surface area (Å²) in [4.78, 5) is 11.7. The molecule has 0 heterocycles. The Hall–Kier alpha value is -1.10. The van der Waals surface area contributed by atoms with E-state index in [9.17, 15) is 4.79 Å². The number of carbonyl (C=O) groups excluding carboxylic acids is 1. The van der Waals surface area contributed by atoms with E-state index in [0.29, 0.717) is 18.7 Å². The van der Waals surface area contributed by atoms with Crippen molar-refractivity contribution < 1.29 is 14.3 Å². The second-order valence-electron chi connectivity index (χ2n) is 4.71. The Kier molecular flexibility index (Phi) is 6.99. The van der Waals surface area contributed by atoms with Gasteiger partial charge >= 0.3 is 0 Å². The Labute approximate surface area is 125 Å². The first-order chi connectivity index (χ1) is 9.51. The number of aryl methyl sites for hydroxylation is 1. The van der Waals surface area contributed by atoms with Crippen LogP contribution in [0.25, 0.3) is 0 Å². The number of ether oxygens (including phenoxy) is 2. The van der Waals surface area contributed by atoms with Gasteiger partial charge in [-0.2, -0.15) is 0 Å². The zero-order chi connectivity index (χ0) is 15.1. The maximum atomic E-state index is 11.7. The van der Waals surface area contributed by atoms with Crippen LogP contribution in [0.4, 0.5) is 5.69 Å². The molecule has 0 bridgehead atoms. The van der Waals surface area contributed by atoms with Crippen molar-refractivity contribution >= 4 is 23.2 Å². The standard InChI is InChI=1S/C15H22ClNO3/c1-11-6-5-7-14(12(2)18)15(11)17(16)9-8-13(20-4)10-19-3/h5-7,13H,8-10H2,1-4H3. The molecule has 1 unspecified atom stereocenters. The molecule has 1 rings (SSSR count). The van der Waals surface area contributed by atoms with Gasteiger partial charge in [-0.15, -0.1) is 0 Å². The quantitative estimate of drug-likeness (QED) is 0.546. The van der Waals surface area contributed by atoms with Gasteiger partial charge < -0.3 is 9.47 Å². The summed E-state index contributed by atoms with van der Waals surface area (Å²) in [5, 5.41) is 0. The van der Waals surface area contributed by atoms with Crippen molar-refractivity contribution in [3.8, 4) is 0 Å². The fourth-order valence-corrected chi connectivity index (χ4v) is 2.41. The summed E-state index contributed by atoms with van der Waals surface area (Å²) in [6.07, 6.45) is 0.713. The highest BCUT2D eigenvalue weighted by atomic mass is 35.5. The molecule has 1 aromatic carbocycles. The van der Waals surface area contributed by atoms with E-state index in [1.54, 1.807) is 31.6 Å². The maximum Gasteiger partial charge on any atom is 0.161 e. The van der Waals surface area contributed by atoms with Gasteiger partial charge in [-0.05, 0) is 31.9 Å². The maximum absolute atomic E-state index is 11.7. The lowest BCUT2D eigenvalue weighted by Crippen LogP contribution is -2.25. The molecule has 0 aliphatic rings. The van der Waals surface area contributed by atoms with E-state index < -0.39 is 0 Å². The number of para-hydroxylation sites is 1. The molecule has 4 nitrogen and oxygen atoms in total. The minimum atomic E-state index is -0.00829. The highest BCUT2D eigenvalue weighted by Crippen LogP contribution is 2.27. The molecule has 20 heavy (non-hydrogen) atoms. The van der Waals surface area contributed by atoms with Gasteiger partial charge in [0.05, 0.1) is 18.4 Å². The number of halogens is 1. The third-order valence-electron chi connectivity index (χ3n) is 3.19. The van der Waals surface area contributed by atoms with E-state index >= 15 is 0 Å². The molecule has 0 aliphatic heterocycles. The minimum absolute atomic E-state index is 0.00829. The van der Waals surface area contributed by atoms with E-state index in [4.69, 9.17) is 21.3 Å². The van der Waals surface area contributed by atoms with Gasteiger partial charge in [0.1, 0.15) is 0 Å². The normalized spacial score (nSPS) is 12.2. The van der Waals surface area contributed by atoms with Crippen molar-refractivity contribution in [2.75, 3.05) is 31.8 Å². The molecule has 0 aromatic heterocycles. The Balaban J connectivity index is 2.81. The number of hydrogen-bond donors (Lipinski definition) is 0. The number of anilines is 1. The van der Waals surface area contributed by atoms with Gasteiger partial charge in [0.2, 0.25) is 0 Å². The monoisotopic (exact) mass is 299 g/mol. The molecule has 112 valence electrons. The number of nitrogens with zero attached hydrogens (tertiary/aromatic N) is 1. The van der Waals surface area contributed by atoms with Crippen molar-refractivity contribution in [2.24, 2.45) is 0 Å². The fraction of sp³-hybridized carbons (Fsp3) is 0.533. The molecule has 0 amide bonds. The van der Waals surface area contributed by atoms with E-state index in [1.165, 1.54) is 0 Å². The van der Waals surface area contributed by atoms with Gasteiger partial charge in [0.15, 0.2) is 5.78 Å². The van der Waals surface area contributed by atoms with Gasteiger partial charge in [-0.3, -0.25) is 9.21 Å². The third kappa shape index (κ3) is 4.47. The SMILES string of the molecule is COCC(CCN(Cl)c1c(C)cccc1C(C)=O)OC. The topological polar surface area (TPSA) is 38.8 Å². The summed E-state index contributed by atoms with van der Waals surface area (Å²) in [5.41, 5.74) is 2.39. The predicted molar refractivity (Wildman–Crippen MR) is 81.7 cm³/mol. The van der Waals surface area contributed by atoms with Crippen LogP contribution in [-0.2, 0) is 9.47 Å². The second-order valence-corrected chi connectivity index (χ2v) is 5.12. The number of methoxy groups -OCH3 is 2. The highest BCUT2D eigenvalue weighted by Gasteiger charge is 2.17. The average molecular weight is 300 g/mol. The molecule has 5 heteroatoms. The predicted octanol–water partition coefficient (Wildman–Crippen LogP) is 3.21. The van der Waals surface area contributed by atoms with E-state index in [1.807, 2.05) is 19.1 Å². The summed E-state index contributed by atoms with van der Waals surface area (Å²) in [6, 6.07) is 5.60. The largest absolute Gasteiger partial charge is 0.382 e. The molecule has 0 saturated heterocycles. The first kappa shape index (κ1) is 17.0. The van der Waals surface area contributed by atoms with Crippen molar-refractivity contribution in [3.63, 3.8) is 0 Å². The average Bonchev–Trinajstić information content (AvgIpc) is 2.42. The summed E-state index contributed by atoms with van der Waals surface area (Å²) < 4.78 is 12.0. The van der Waals surface area contributed by atoms with Crippen LogP contribution in [0.15, 0.2) is 18.2 Å². The molecule has 0 fully saturated rings. The van der Waals surface area contributed by atoms with Crippen LogP contribution in [-0.4, -0.2) is 39.3 Å². The molecule has 1 aromatic rings. The molecule has 0 N–H and O–H groups in total. The van der Waals surface area contributed by atoms with Crippen LogP contribution in [0.3, 0.4) is 0 Å². The number of Topliss-reactive ketones (excluding diaryl/α,β-unsaturated/α-hetero) is 1. The number of rotatable bonds is 8. The number of hydrogen-bond acceptors (Lipinski definition) is 4. The molecule has 0 aliphatic carbocycles. The van der Waals surface area contributed by atoms with Crippen molar-refractivity contribution in [1.29, 1.82) is 0 Å². The minimum Gasteiger partial charge on any atom is -0.382 e. The molecular formula is C15H22ClNO3. The lowest BCUT2D eigenvalue weighted by Gasteiger charge is -2.23. The number of benzene rings is 1. The Bertz CT molecular complexity index is 451. The third-order valence-corrected chi connectivity index (χ3v) is 3.53. The first-order valence-corrected chi connectivity index (χ1v) is 6.90. The molecule has 0 radical (unpaired) electrons. The summed E-state index contributed by atoms with van der Waals surface area (Å²) in [5.74, 6) is 0.00883. The Morgan fingerprint density at radius 3 is 2.65 bits per heavy atom. The molecule has 0 spiro atoms. The first-order valence-electron chi connectivity index (χ1n) is 6.56. The lowest BCUT2D eigenvalue weighted by molar-refractivity contribution is 0.0252. The van der Waals surface area contributed by atoms with E-state index in [0.717, 1.165) is 17.7 Å². The van der Waals surface area contributed by atoms with Crippen LogP contribution in [0, 0.1) is 6.92 Å². The van der Waals surface area contributed by atoms with Gasteiger partial charge in [-0.1, -0.05) is 12.1 Å². The van der Waals surface area contributed by atoms with Crippen molar-refractivity contribution in [3.05, 3.63) is 29.3 Å². The Morgan fingerprint density at radius 1 is 1.40 bits per heavy atom. The zero-order valence-corrected chi connectivity index (χ0v) is 13.2.